The maximum Gasteiger partial charge on any atom is 0.248 e. The lowest BCUT2D eigenvalue weighted by Gasteiger charge is -2.30. The molecular weight excluding hydrogens is 304 g/mol. The van der Waals surface area contributed by atoms with Crippen molar-refractivity contribution in [3.05, 3.63) is 0 Å². The zero-order valence-corrected chi connectivity index (χ0v) is 16.8. The van der Waals surface area contributed by atoms with Crippen LogP contribution >= 0.6 is 0 Å². The average molecular weight is 344 g/mol. The van der Waals surface area contributed by atoms with Gasteiger partial charge < -0.3 is 14.2 Å². The number of rotatable bonds is 18. The Morgan fingerprint density at radius 3 is 1.09 bits per heavy atom. The van der Waals surface area contributed by atoms with Gasteiger partial charge in [0.15, 0.2) is 10.2 Å². The second kappa shape index (κ2) is 16.9. The summed E-state index contributed by atoms with van der Waals surface area (Å²) < 4.78 is 17.6. The molecule has 0 atom stereocenters. The van der Waals surface area contributed by atoms with Crippen LogP contribution in [0.3, 0.4) is 0 Å². The smallest absolute Gasteiger partial charge is 0.248 e. The highest BCUT2D eigenvalue weighted by atomic mass is 28.1. The van der Waals surface area contributed by atoms with Crippen LogP contribution in [0, 0.1) is 0 Å². The Balaban J connectivity index is 4.00. The monoisotopic (exact) mass is 343 g/mol. The van der Waals surface area contributed by atoms with Crippen molar-refractivity contribution < 1.29 is 14.2 Å². The molecule has 0 N–H and O–H groups in total. The van der Waals surface area contributed by atoms with Crippen LogP contribution in [-0.4, -0.2) is 35.7 Å². The van der Waals surface area contributed by atoms with Crippen LogP contribution in [0.4, 0.5) is 0 Å². The minimum Gasteiger partial charge on any atom is -0.332 e. The van der Waals surface area contributed by atoms with Crippen molar-refractivity contribution in [2.24, 2.45) is 0 Å². The van der Waals surface area contributed by atoms with E-state index in [4.69, 9.17) is 14.2 Å². The lowest BCUT2D eigenvalue weighted by atomic mass is 10.2. The molecule has 0 spiro atoms. The van der Waals surface area contributed by atoms with E-state index in [9.17, 15) is 0 Å². The molecule has 0 aromatic carbocycles. The van der Waals surface area contributed by atoms with E-state index in [-0.39, 0.29) is 0 Å². The molecule has 0 amide bonds. The third-order valence-corrected chi connectivity index (χ3v) is 4.30. The van der Waals surface area contributed by atoms with Gasteiger partial charge in [0.1, 0.15) is 0 Å². The highest BCUT2D eigenvalue weighted by molar-refractivity contribution is 6.12. The molecule has 3 radical (unpaired) electrons. The topological polar surface area (TPSA) is 27.7 Å². The molecule has 0 bridgehead atoms. The first-order valence-corrected chi connectivity index (χ1v) is 10.3. The van der Waals surface area contributed by atoms with Crippen molar-refractivity contribution in [1.82, 2.24) is 0 Å². The van der Waals surface area contributed by atoms with Gasteiger partial charge in [-0.05, 0) is 19.3 Å². The quantitative estimate of drug-likeness (QED) is 0.185. The largest absolute Gasteiger partial charge is 0.332 e. The number of unbranched alkanes of at least 4 members (excludes halogenated alkanes) is 9. The molecule has 0 aliphatic carbocycles. The SMILES string of the molecule is CCCCCCOC([Si])(OCCCCCC)OCCCCCC. The maximum absolute atomic E-state index is 5.86. The van der Waals surface area contributed by atoms with Crippen molar-refractivity contribution >= 4 is 10.2 Å². The highest BCUT2D eigenvalue weighted by Gasteiger charge is 2.26. The van der Waals surface area contributed by atoms with Gasteiger partial charge in [-0.3, -0.25) is 0 Å². The zero-order valence-electron chi connectivity index (χ0n) is 15.8. The van der Waals surface area contributed by atoms with Gasteiger partial charge in [0.25, 0.3) is 0 Å². The van der Waals surface area contributed by atoms with E-state index in [0.29, 0.717) is 19.8 Å². The van der Waals surface area contributed by atoms with Gasteiger partial charge in [-0.2, -0.15) is 0 Å². The number of hydrogen-bond acceptors (Lipinski definition) is 3. The minimum atomic E-state index is -1.05. The second-order valence-corrected chi connectivity index (χ2v) is 6.90. The molecule has 0 rings (SSSR count). The normalized spacial score (nSPS) is 12.0. The molecule has 3 nitrogen and oxygen atoms in total. The predicted octanol–water partition coefficient (Wildman–Crippen LogP) is 5.56. The third-order valence-electron chi connectivity index (χ3n) is 3.87. The fraction of sp³-hybridized carbons (Fsp3) is 1.00. The molecule has 0 aromatic rings. The first kappa shape index (κ1) is 23.1. The molecule has 137 valence electrons. The predicted molar refractivity (Wildman–Crippen MR) is 98.8 cm³/mol. The van der Waals surface area contributed by atoms with Crippen LogP contribution in [0.2, 0.25) is 0 Å². The van der Waals surface area contributed by atoms with Gasteiger partial charge in [-0.15, -0.1) is 0 Å². The molecule has 0 aliphatic rings. The molecule has 0 aromatic heterocycles. The Bertz CT molecular complexity index is 201. The van der Waals surface area contributed by atoms with E-state index in [2.05, 4.69) is 31.0 Å². The number of hydrogen-bond donors (Lipinski definition) is 0. The van der Waals surface area contributed by atoms with E-state index in [0.717, 1.165) is 19.3 Å². The van der Waals surface area contributed by atoms with Crippen LogP contribution in [-0.2, 0) is 14.2 Å². The van der Waals surface area contributed by atoms with Gasteiger partial charge in [0, 0.05) is 0 Å². The van der Waals surface area contributed by atoms with Crippen molar-refractivity contribution in [3.63, 3.8) is 0 Å². The maximum atomic E-state index is 5.86. The Morgan fingerprint density at radius 2 is 0.826 bits per heavy atom. The van der Waals surface area contributed by atoms with Crippen LogP contribution in [0.5, 0.6) is 0 Å². The molecule has 0 aliphatic heterocycles. The summed E-state index contributed by atoms with van der Waals surface area (Å²) in [5.74, 6) is 0. The number of ether oxygens (including phenoxy) is 3. The summed E-state index contributed by atoms with van der Waals surface area (Å²) >= 11 is 0. The van der Waals surface area contributed by atoms with Gasteiger partial charge in [0.2, 0.25) is 5.60 Å². The summed E-state index contributed by atoms with van der Waals surface area (Å²) in [7, 11) is 3.59. The minimum absolute atomic E-state index is 0.674. The van der Waals surface area contributed by atoms with E-state index in [1.807, 2.05) is 0 Å². The van der Waals surface area contributed by atoms with Crippen LogP contribution in [0.15, 0.2) is 0 Å². The van der Waals surface area contributed by atoms with Crippen molar-refractivity contribution in [2.75, 3.05) is 19.8 Å². The van der Waals surface area contributed by atoms with Gasteiger partial charge in [0.05, 0.1) is 19.8 Å². The van der Waals surface area contributed by atoms with E-state index < -0.39 is 5.60 Å². The van der Waals surface area contributed by atoms with Crippen LogP contribution in [0.25, 0.3) is 0 Å². The standard InChI is InChI=1S/C19H39O3Si/c1-4-7-10-13-16-20-19(23,21-17-14-11-8-5-2)22-18-15-12-9-6-3/h4-18H2,1-3H3. The third kappa shape index (κ3) is 15.4. The molecule has 4 heteroatoms. The molecule has 0 unspecified atom stereocenters. The van der Waals surface area contributed by atoms with Crippen LogP contribution in [0.1, 0.15) is 97.8 Å². The first-order valence-electron chi connectivity index (χ1n) is 9.85. The summed E-state index contributed by atoms with van der Waals surface area (Å²) in [5, 5.41) is 0. The summed E-state index contributed by atoms with van der Waals surface area (Å²) in [6, 6.07) is 0. The Morgan fingerprint density at radius 1 is 0.522 bits per heavy atom. The Labute approximate surface area is 148 Å². The Hall–Kier alpha value is 0.0969. The summed E-state index contributed by atoms with van der Waals surface area (Å²) in [6.45, 7) is 8.67. The summed E-state index contributed by atoms with van der Waals surface area (Å²) in [4.78, 5) is 0. The lowest BCUT2D eigenvalue weighted by molar-refractivity contribution is -0.326. The summed E-state index contributed by atoms with van der Waals surface area (Å²) in [5.41, 5.74) is -1.05. The van der Waals surface area contributed by atoms with E-state index >= 15 is 0 Å². The van der Waals surface area contributed by atoms with Crippen molar-refractivity contribution in [3.8, 4) is 0 Å². The average Bonchev–Trinajstić information content (AvgIpc) is 2.54. The molecule has 23 heavy (non-hydrogen) atoms. The summed E-state index contributed by atoms with van der Waals surface area (Å²) in [6.07, 6.45) is 14.2. The van der Waals surface area contributed by atoms with E-state index in [1.165, 1.54) is 57.8 Å². The fourth-order valence-electron chi connectivity index (χ4n) is 2.33. The zero-order chi connectivity index (χ0) is 17.2. The van der Waals surface area contributed by atoms with Crippen molar-refractivity contribution in [1.29, 1.82) is 0 Å². The van der Waals surface area contributed by atoms with Crippen molar-refractivity contribution in [2.45, 2.75) is 103 Å². The molecule has 0 fully saturated rings. The lowest BCUT2D eigenvalue weighted by Crippen LogP contribution is -2.41. The van der Waals surface area contributed by atoms with Gasteiger partial charge >= 0.3 is 0 Å². The fourth-order valence-corrected chi connectivity index (χ4v) is 2.64. The molecule has 0 saturated heterocycles. The van der Waals surface area contributed by atoms with Gasteiger partial charge in [-0.25, -0.2) is 0 Å². The molecular formula is C19H39O3Si. The molecule has 0 saturated carbocycles. The highest BCUT2D eigenvalue weighted by Crippen LogP contribution is 2.15. The second-order valence-electron chi connectivity index (χ2n) is 6.28. The van der Waals surface area contributed by atoms with Gasteiger partial charge in [-0.1, -0.05) is 78.6 Å². The van der Waals surface area contributed by atoms with Crippen LogP contribution < -0.4 is 0 Å². The molecule has 0 heterocycles. The Kier molecular flexibility index (Phi) is 17.0. The first-order chi connectivity index (χ1) is 11.2. The van der Waals surface area contributed by atoms with E-state index in [1.54, 1.807) is 0 Å².